The second-order valence-electron chi connectivity index (χ2n) is 7.18. The zero-order valence-corrected chi connectivity index (χ0v) is 16.2. The third-order valence-corrected chi connectivity index (χ3v) is 4.86. The van der Waals surface area contributed by atoms with Gasteiger partial charge < -0.3 is 10.2 Å². The van der Waals surface area contributed by atoms with E-state index in [1.165, 1.54) is 23.9 Å². The summed E-state index contributed by atoms with van der Waals surface area (Å²) in [7, 11) is 1.96. The molecule has 152 valence electrons. The predicted molar refractivity (Wildman–Crippen MR) is 108 cm³/mol. The Morgan fingerprint density at radius 2 is 1.86 bits per heavy atom. The summed E-state index contributed by atoms with van der Waals surface area (Å²) in [4.78, 5) is 14.0. The van der Waals surface area contributed by atoms with Gasteiger partial charge in [-0.2, -0.15) is 18.3 Å². The first-order valence-electron chi connectivity index (χ1n) is 8.92. The summed E-state index contributed by atoms with van der Waals surface area (Å²) in [6, 6.07) is 11.7. The lowest BCUT2D eigenvalue weighted by Gasteiger charge is -2.23. The predicted octanol–water partition coefficient (Wildman–Crippen LogP) is 5.12. The second kappa shape index (κ2) is 7.62. The monoisotopic (exact) mass is 402 g/mol. The average molecular weight is 402 g/mol. The van der Waals surface area contributed by atoms with Crippen molar-refractivity contribution in [3.63, 3.8) is 0 Å². The van der Waals surface area contributed by atoms with Crippen molar-refractivity contribution in [1.82, 2.24) is 5.43 Å². The van der Waals surface area contributed by atoms with Crippen LogP contribution in [0.15, 0.2) is 65.4 Å². The fourth-order valence-corrected chi connectivity index (χ4v) is 3.44. The summed E-state index contributed by atoms with van der Waals surface area (Å²) in [5.41, 5.74) is 4.51. The highest BCUT2D eigenvalue weighted by atomic mass is 19.4. The van der Waals surface area contributed by atoms with Crippen molar-refractivity contribution in [2.45, 2.75) is 25.4 Å². The van der Waals surface area contributed by atoms with E-state index in [9.17, 15) is 18.0 Å². The van der Waals surface area contributed by atoms with Gasteiger partial charge in [-0.05, 0) is 35.9 Å². The zero-order chi connectivity index (χ0) is 21.2. The van der Waals surface area contributed by atoms with E-state index in [0.717, 1.165) is 23.5 Å². The molecule has 2 aromatic rings. The Morgan fingerprint density at radius 3 is 2.55 bits per heavy atom. The first-order valence-corrected chi connectivity index (χ1v) is 8.92. The van der Waals surface area contributed by atoms with Gasteiger partial charge in [0.25, 0.3) is 0 Å². The number of carbonyl (C=O) groups excluding carboxylic acids is 1. The number of hydrazone groups is 1. The lowest BCUT2D eigenvalue weighted by atomic mass is 9.84. The maximum absolute atomic E-state index is 12.7. The molecule has 2 N–H and O–H groups in total. The minimum absolute atomic E-state index is 0.0259. The van der Waals surface area contributed by atoms with Crippen LogP contribution in [0, 0.1) is 0 Å². The van der Waals surface area contributed by atoms with Gasteiger partial charge in [-0.3, -0.25) is 0 Å². The standard InChI is InChI=1S/C21H21F3N4O/c1-20(2)16-9-4-5-10-17(16)28(3)18(20)11-12-25-27-19(29)26-15-8-6-7-14(13-15)21(22,23)24/h4-13H,1-3H3,(H2,26,27,29)/b18-11+,25-12-. The maximum Gasteiger partial charge on any atom is 0.416 e. The Bertz CT molecular complexity index is 980. The van der Waals surface area contributed by atoms with Gasteiger partial charge in [0, 0.05) is 35.7 Å². The van der Waals surface area contributed by atoms with Crippen molar-refractivity contribution in [3.05, 3.63) is 71.4 Å². The largest absolute Gasteiger partial charge is 0.416 e. The number of likely N-dealkylation sites (N-methyl/N-ethyl adjacent to an activating group) is 1. The van der Waals surface area contributed by atoms with E-state index in [-0.39, 0.29) is 11.1 Å². The van der Waals surface area contributed by atoms with Crippen LogP contribution in [0.3, 0.4) is 0 Å². The van der Waals surface area contributed by atoms with Crippen molar-refractivity contribution in [2.24, 2.45) is 5.10 Å². The van der Waals surface area contributed by atoms with E-state index in [1.54, 1.807) is 6.08 Å². The number of nitrogens with one attached hydrogen (secondary N) is 2. The fraction of sp³-hybridized carbons (Fsp3) is 0.238. The number of alkyl halides is 3. The lowest BCUT2D eigenvalue weighted by molar-refractivity contribution is -0.137. The van der Waals surface area contributed by atoms with E-state index in [0.29, 0.717) is 0 Å². The molecule has 0 fully saturated rings. The molecular weight excluding hydrogens is 381 g/mol. The highest BCUT2D eigenvalue weighted by molar-refractivity contribution is 5.90. The molecule has 0 radical (unpaired) electrons. The molecule has 0 atom stereocenters. The van der Waals surface area contributed by atoms with Crippen LogP contribution in [0.5, 0.6) is 0 Å². The number of nitrogens with zero attached hydrogens (tertiary/aromatic N) is 2. The van der Waals surface area contributed by atoms with Crippen LogP contribution in [-0.2, 0) is 11.6 Å². The van der Waals surface area contributed by atoms with Crippen LogP contribution in [0.4, 0.5) is 29.3 Å². The smallest absolute Gasteiger partial charge is 0.347 e. The fourth-order valence-electron chi connectivity index (χ4n) is 3.44. The molecule has 5 nitrogen and oxygen atoms in total. The Morgan fingerprint density at radius 1 is 1.14 bits per heavy atom. The Labute approximate surface area is 166 Å². The number of para-hydroxylation sites is 1. The van der Waals surface area contributed by atoms with Crippen LogP contribution in [0.25, 0.3) is 0 Å². The summed E-state index contributed by atoms with van der Waals surface area (Å²) >= 11 is 0. The molecule has 1 aliphatic rings. The number of urea groups is 1. The third-order valence-electron chi connectivity index (χ3n) is 4.86. The van der Waals surface area contributed by atoms with Crippen LogP contribution >= 0.6 is 0 Å². The number of halogens is 3. The summed E-state index contributed by atoms with van der Waals surface area (Å²) in [5.74, 6) is 0. The van der Waals surface area contributed by atoms with Gasteiger partial charge >= 0.3 is 12.2 Å². The van der Waals surface area contributed by atoms with E-state index in [1.807, 2.05) is 25.2 Å². The van der Waals surface area contributed by atoms with Gasteiger partial charge in [-0.15, -0.1) is 0 Å². The summed E-state index contributed by atoms with van der Waals surface area (Å²) in [6.07, 6.45) is -1.23. The van der Waals surface area contributed by atoms with Gasteiger partial charge in [0.05, 0.1) is 5.56 Å². The van der Waals surface area contributed by atoms with Crippen LogP contribution in [-0.4, -0.2) is 19.3 Å². The lowest BCUT2D eigenvalue weighted by Crippen LogP contribution is -2.25. The highest BCUT2D eigenvalue weighted by Gasteiger charge is 2.37. The van der Waals surface area contributed by atoms with E-state index in [4.69, 9.17) is 0 Å². The number of anilines is 2. The van der Waals surface area contributed by atoms with E-state index in [2.05, 4.69) is 40.7 Å². The Balaban J connectivity index is 1.64. The molecule has 0 saturated carbocycles. The van der Waals surface area contributed by atoms with Crippen molar-refractivity contribution >= 4 is 23.6 Å². The molecule has 0 spiro atoms. The zero-order valence-electron chi connectivity index (χ0n) is 16.2. The minimum atomic E-state index is -4.48. The molecule has 0 saturated heterocycles. The molecule has 2 aromatic carbocycles. The number of amides is 2. The molecule has 29 heavy (non-hydrogen) atoms. The van der Waals surface area contributed by atoms with Gasteiger partial charge in [0.15, 0.2) is 0 Å². The third kappa shape index (κ3) is 4.26. The van der Waals surface area contributed by atoms with Crippen molar-refractivity contribution in [2.75, 3.05) is 17.3 Å². The minimum Gasteiger partial charge on any atom is -0.347 e. The van der Waals surface area contributed by atoms with Crippen molar-refractivity contribution in [1.29, 1.82) is 0 Å². The first-order chi connectivity index (χ1) is 13.6. The van der Waals surface area contributed by atoms with Crippen molar-refractivity contribution in [3.8, 4) is 0 Å². The number of hydrogen-bond acceptors (Lipinski definition) is 3. The van der Waals surface area contributed by atoms with E-state index < -0.39 is 17.8 Å². The number of benzene rings is 2. The molecule has 0 aromatic heterocycles. The number of hydrogen-bond donors (Lipinski definition) is 2. The van der Waals surface area contributed by atoms with Crippen LogP contribution < -0.4 is 15.6 Å². The normalized spacial score (nSPS) is 16.9. The Hall–Kier alpha value is -3.29. The number of rotatable bonds is 3. The van der Waals surface area contributed by atoms with Gasteiger partial charge in [0.2, 0.25) is 0 Å². The topological polar surface area (TPSA) is 56.7 Å². The molecule has 0 aliphatic carbocycles. The molecule has 8 heteroatoms. The van der Waals surface area contributed by atoms with Crippen LogP contribution in [0.2, 0.25) is 0 Å². The summed E-state index contributed by atoms with van der Waals surface area (Å²) < 4.78 is 38.2. The first kappa shape index (κ1) is 20.4. The van der Waals surface area contributed by atoms with Gasteiger partial charge in [-0.25, -0.2) is 10.2 Å². The maximum atomic E-state index is 12.7. The van der Waals surface area contributed by atoms with Crippen molar-refractivity contribution < 1.29 is 18.0 Å². The molecule has 2 amide bonds. The number of fused-ring (bicyclic) bond motifs is 1. The quantitative estimate of drug-likeness (QED) is 0.553. The molecule has 0 bridgehead atoms. The number of allylic oxidation sites excluding steroid dienone is 2. The summed E-state index contributed by atoms with van der Waals surface area (Å²) in [6.45, 7) is 4.20. The SMILES string of the molecule is CN1/C(=C/C=N\NC(=O)Nc2cccc(C(F)(F)F)c2)C(C)(C)c2ccccc21. The van der Waals surface area contributed by atoms with Gasteiger partial charge in [-0.1, -0.05) is 38.1 Å². The Kier molecular flexibility index (Phi) is 5.37. The number of carbonyl (C=O) groups is 1. The molecular formula is C21H21F3N4O. The molecule has 3 rings (SSSR count). The summed E-state index contributed by atoms with van der Waals surface area (Å²) in [5, 5.41) is 6.18. The molecule has 1 aliphatic heterocycles. The average Bonchev–Trinajstić information content (AvgIpc) is 2.85. The molecule has 1 heterocycles. The van der Waals surface area contributed by atoms with Crippen LogP contribution in [0.1, 0.15) is 25.0 Å². The highest BCUT2D eigenvalue weighted by Crippen LogP contribution is 2.46. The van der Waals surface area contributed by atoms with Gasteiger partial charge in [0.1, 0.15) is 0 Å². The second-order valence-corrected chi connectivity index (χ2v) is 7.18. The molecule has 0 unspecified atom stereocenters. The van der Waals surface area contributed by atoms with E-state index >= 15 is 0 Å².